The fraction of sp³-hybridized carbons (Fsp3) is 0.321. The van der Waals surface area contributed by atoms with Crippen LogP contribution in [-0.2, 0) is 11.2 Å². The molecule has 4 nitrogen and oxygen atoms in total. The number of benzene rings is 3. The molecule has 4 rings (SSSR count). The monoisotopic (exact) mass is 428 g/mol. The van der Waals surface area contributed by atoms with Crippen molar-refractivity contribution in [3.63, 3.8) is 0 Å². The number of hydrogen-bond acceptors (Lipinski definition) is 3. The second-order valence-corrected chi connectivity index (χ2v) is 8.40. The molecule has 1 unspecified atom stereocenters. The number of amides is 1. The molecule has 32 heavy (non-hydrogen) atoms. The third-order valence-electron chi connectivity index (χ3n) is 6.17. The highest BCUT2D eigenvalue weighted by Gasteiger charge is 2.28. The smallest absolute Gasteiger partial charge is 0.411 e. The van der Waals surface area contributed by atoms with Crippen LogP contribution in [-0.4, -0.2) is 25.8 Å². The number of fused-ring (bicyclic) bond motifs is 1. The molecule has 0 saturated carbocycles. The maximum absolute atomic E-state index is 12.0. The van der Waals surface area contributed by atoms with E-state index in [1.54, 1.807) is 0 Å². The molecular weight excluding hydrogens is 396 g/mol. The molecule has 4 heteroatoms. The summed E-state index contributed by atoms with van der Waals surface area (Å²) in [5, 5.41) is 2.91. The Morgan fingerprint density at radius 1 is 1.06 bits per heavy atom. The molecule has 1 heterocycles. The Kier molecular flexibility index (Phi) is 7.10. The highest BCUT2D eigenvalue weighted by Crippen LogP contribution is 2.43. The van der Waals surface area contributed by atoms with E-state index in [-0.39, 0.29) is 0 Å². The largest absolute Gasteiger partial charge is 0.450 e. The van der Waals surface area contributed by atoms with Gasteiger partial charge < -0.3 is 9.64 Å². The van der Waals surface area contributed by atoms with Crippen LogP contribution in [0.3, 0.4) is 0 Å². The molecule has 3 aromatic rings. The molecule has 1 N–H and O–H groups in total. The molecule has 166 valence electrons. The number of anilines is 2. The third-order valence-corrected chi connectivity index (χ3v) is 6.17. The summed E-state index contributed by atoms with van der Waals surface area (Å²) in [5.74, 6) is 0.319. The fourth-order valence-electron chi connectivity index (χ4n) is 4.79. The van der Waals surface area contributed by atoms with Gasteiger partial charge in [-0.2, -0.15) is 0 Å². The molecule has 3 aromatic carbocycles. The van der Waals surface area contributed by atoms with Gasteiger partial charge in [0.25, 0.3) is 0 Å². The van der Waals surface area contributed by atoms with Crippen LogP contribution >= 0.6 is 0 Å². The fourth-order valence-corrected chi connectivity index (χ4v) is 4.79. The summed E-state index contributed by atoms with van der Waals surface area (Å²) in [6, 6.07) is 25.6. The van der Waals surface area contributed by atoms with Crippen molar-refractivity contribution < 1.29 is 9.53 Å². The zero-order chi connectivity index (χ0) is 22.3. The summed E-state index contributed by atoms with van der Waals surface area (Å²) in [4.78, 5) is 14.6. The van der Waals surface area contributed by atoms with E-state index in [2.05, 4.69) is 89.9 Å². The zero-order valence-corrected chi connectivity index (χ0v) is 19.0. The Bertz CT molecular complexity index is 1030. The lowest BCUT2D eigenvalue weighted by Crippen LogP contribution is -2.33. The molecule has 0 bridgehead atoms. The predicted octanol–water partition coefficient (Wildman–Crippen LogP) is 6.54. The van der Waals surface area contributed by atoms with Crippen molar-refractivity contribution in [3.05, 3.63) is 95.1 Å². The van der Waals surface area contributed by atoms with Crippen molar-refractivity contribution in [3.8, 4) is 0 Å². The molecule has 0 spiro atoms. The van der Waals surface area contributed by atoms with Crippen LogP contribution in [0.15, 0.2) is 72.8 Å². The first-order valence-electron chi connectivity index (χ1n) is 11.6. The number of ether oxygens (including phenoxy) is 1. The van der Waals surface area contributed by atoms with E-state index >= 15 is 0 Å². The Hall–Kier alpha value is -3.27. The summed E-state index contributed by atoms with van der Waals surface area (Å²) < 4.78 is 5.10. The quantitative estimate of drug-likeness (QED) is 0.465. The van der Waals surface area contributed by atoms with Gasteiger partial charge >= 0.3 is 6.09 Å². The van der Waals surface area contributed by atoms with Gasteiger partial charge in [0, 0.05) is 30.4 Å². The van der Waals surface area contributed by atoms with E-state index in [0.717, 1.165) is 38.0 Å². The zero-order valence-electron chi connectivity index (χ0n) is 19.0. The third kappa shape index (κ3) is 5.13. The van der Waals surface area contributed by atoms with Crippen LogP contribution in [0, 0.1) is 6.92 Å². The highest BCUT2D eigenvalue weighted by molar-refractivity contribution is 5.86. The Labute approximate surface area is 191 Å². The number of hydrogen-bond donors (Lipinski definition) is 1. The summed E-state index contributed by atoms with van der Waals surface area (Å²) in [6.45, 7) is 6.38. The molecule has 1 aliphatic heterocycles. The average Bonchev–Trinajstić information content (AvgIpc) is 2.80. The molecule has 0 saturated heterocycles. The first-order chi connectivity index (χ1) is 15.7. The number of aryl methyl sites for hydroxylation is 2. The minimum Gasteiger partial charge on any atom is -0.450 e. The van der Waals surface area contributed by atoms with E-state index in [0.29, 0.717) is 12.5 Å². The van der Waals surface area contributed by atoms with Crippen molar-refractivity contribution in [2.75, 3.05) is 29.9 Å². The maximum atomic E-state index is 12.0. The second kappa shape index (κ2) is 10.4. The Morgan fingerprint density at radius 3 is 2.50 bits per heavy atom. The van der Waals surface area contributed by atoms with Gasteiger partial charge in [0.2, 0.25) is 0 Å². The van der Waals surface area contributed by atoms with Crippen LogP contribution in [0.4, 0.5) is 16.2 Å². The maximum Gasteiger partial charge on any atom is 0.411 e. The van der Waals surface area contributed by atoms with Gasteiger partial charge in [-0.25, -0.2) is 4.79 Å². The predicted molar refractivity (Wildman–Crippen MR) is 132 cm³/mol. The second-order valence-electron chi connectivity index (χ2n) is 8.40. The topological polar surface area (TPSA) is 41.6 Å². The van der Waals surface area contributed by atoms with E-state index in [1.165, 1.54) is 27.9 Å². The van der Waals surface area contributed by atoms with Gasteiger partial charge in [0.05, 0.1) is 6.61 Å². The van der Waals surface area contributed by atoms with Gasteiger partial charge in [-0.15, -0.1) is 0 Å². The van der Waals surface area contributed by atoms with Crippen molar-refractivity contribution in [1.29, 1.82) is 0 Å². The van der Waals surface area contributed by atoms with Gasteiger partial charge in [0.1, 0.15) is 0 Å². The van der Waals surface area contributed by atoms with Crippen LogP contribution in [0.2, 0.25) is 0 Å². The minimum absolute atomic E-state index is 0.319. The molecule has 1 amide bonds. The van der Waals surface area contributed by atoms with Crippen LogP contribution < -0.4 is 10.2 Å². The van der Waals surface area contributed by atoms with E-state index in [9.17, 15) is 4.79 Å². The van der Waals surface area contributed by atoms with Crippen LogP contribution in [0.25, 0.3) is 0 Å². The number of nitrogens with one attached hydrogen (secondary N) is 1. The average molecular weight is 429 g/mol. The van der Waals surface area contributed by atoms with E-state index in [1.807, 2.05) is 6.92 Å². The lowest BCUT2D eigenvalue weighted by molar-refractivity contribution is 0.168. The number of carbonyl (C=O) groups is 1. The molecule has 0 aromatic heterocycles. The van der Waals surface area contributed by atoms with Gasteiger partial charge in [-0.3, -0.25) is 5.32 Å². The molecule has 0 radical (unpaired) electrons. The number of rotatable bonds is 7. The molecule has 0 aliphatic carbocycles. The molecule has 0 fully saturated rings. The van der Waals surface area contributed by atoms with Crippen molar-refractivity contribution in [2.24, 2.45) is 0 Å². The van der Waals surface area contributed by atoms with Gasteiger partial charge in [-0.05, 0) is 67.5 Å². The Morgan fingerprint density at radius 2 is 1.78 bits per heavy atom. The molecular formula is C28H32N2O2. The van der Waals surface area contributed by atoms with Crippen molar-refractivity contribution in [2.45, 2.75) is 39.0 Å². The first-order valence-corrected chi connectivity index (χ1v) is 11.6. The van der Waals surface area contributed by atoms with Crippen molar-refractivity contribution >= 4 is 17.5 Å². The number of carbonyl (C=O) groups excluding carboxylic acids is 1. The van der Waals surface area contributed by atoms with E-state index in [4.69, 9.17) is 4.74 Å². The van der Waals surface area contributed by atoms with Gasteiger partial charge in [-0.1, -0.05) is 60.7 Å². The summed E-state index contributed by atoms with van der Waals surface area (Å²) >= 11 is 0. The Balaban J connectivity index is 1.61. The number of nitrogens with zero attached hydrogens (tertiary/aromatic N) is 1. The summed E-state index contributed by atoms with van der Waals surface area (Å²) in [5.41, 5.74) is 7.30. The minimum atomic E-state index is -0.404. The molecule has 1 aliphatic rings. The highest BCUT2D eigenvalue weighted by atomic mass is 16.5. The van der Waals surface area contributed by atoms with Crippen LogP contribution in [0.5, 0.6) is 0 Å². The van der Waals surface area contributed by atoms with Crippen LogP contribution in [0.1, 0.15) is 47.9 Å². The van der Waals surface area contributed by atoms with Gasteiger partial charge in [0.15, 0.2) is 0 Å². The lowest BCUT2D eigenvalue weighted by Gasteiger charge is -2.38. The standard InChI is InChI=1S/C28H32N2O2/c1-3-32-28(31)29-24-19-21(2)27-26(20-24)25(23-14-8-5-9-15-23)16-18-30(27)17-10-13-22-11-6-4-7-12-22/h4-9,11-12,14-15,19-20,25H,3,10,13,16-18H2,1-2H3,(H,29,31). The first kappa shape index (κ1) is 21.9. The summed E-state index contributed by atoms with van der Waals surface area (Å²) in [6.07, 6.45) is 2.85. The van der Waals surface area contributed by atoms with Crippen molar-refractivity contribution in [1.82, 2.24) is 0 Å². The van der Waals surface area contributed by atoms with E-state index < -0.39 is 6.09 Å². The molecule has 1 atom stereocenters. The lowest BCUT2D eigenvalue weighted by atomic mass is 9.82. The normalized spacial score (nSPS) is 15.2. The summed E-state index contributed by atoms with van der Waals surface area (Å²) in [7, 11) is 0. The SMILES string of the molecule is CCOC(=O)Nc1cc(C)c2c(c1)C(c1ccccc1)CCN2CCCc1ccccc1.